The van der Waals surface area contributed by atoms with Crippen LogP contribution in [0.4, 0.5) is 5.69 Å². The second kappa shape index (κ2) is 9.68. The number of carbonyl (C=O) groups excluding carboxylic acids is 1. The number of nitrogens with one attached hydrogen (secondary N) is 1. The number of thioether (sulfide) groups is 1. The molecule has 5 nitrogen and oxygen atoms in total. The lowest BCUT2D eigenvalue weighted by atomic mass is 10.2. The van der Waals surface area contributed by atoms with Gasteiger partial charge >= 0.3 is 0 Å². The monoisotopic (exact) mass is 452 g/mol. The first-order chi connectivity index (χ1) is 15.0. The highest BCUT2D eigenvalue weighted by Gasteiger charge is 2.27. The average molecular weight is 453 g/mol. The molecule has 3 aromatic rings. The fraction of sp³-hybridized carbons (Fsp3) is 0.208. The molecular weight excluding hydrogens is 428 g/mol. The number of carbonyl (C=O) groups is 1. The number of amides is 1. The number of nitrogens with zero attached hydrogens (tertiary/aromatic N) is 1. The first-order valence-corrected chi connectivity index (χ1v) is 12.6. The summed E-state index contributed by atoms with van der Waals surface area (Å²) in [6.07, 6.45) is 1.78. The maximum Gasteiger partial charge on any atom is 0.255 e. The van der Waals surface area contributed by atoms with Crippen molar-refractivity contribution in [1.29, 1.82) is 0 Å². The normalized spacial score (nSPS) is 14.5. The predicted octanol–water partition coefficient (Wildman–Crippen LogP) is 5.02. The number of hydrogen-bond donors (Lipinski definition) is 1. The zero-order valence-electron chi connectivity index (χ0n) is 17.0. The molecule has 0 spiro atoms. The van der Waals surface area contributed by atoms with E-state index in [1.165, 1.54) is 26.9 Å². The SMILES string of the molecule is O=C(Nc1ccc(CSc2ccccc2)cc1)c1ccc(S(=O)(=O)N2CCCC2)cc1. The third-order valence-electron chi connectivity index (χ3n) is 5.18. The van der Waals surface area contributed by atoms with Gasteiger partial charge in [0.25, 0.3) is 5.91 Å². The molecule has 7 heteroatoms. The van der Waals surface area contributed by atoms with Gasteiger partial charge in [0.1, 0.15) is 0 Å². The van der Waals surface area contributed by atoms with Crippen molar-refractivity contribution >= 4 is 33.4 Å². The van der Waals surface area contributed by atoms with Crippen LogP contribution < -0.4 is 5.32 Å². The molecule has 1 fully saturated rings. The van der Waals surface area contributed by atoms with E-state index in [0.29, 0.717) is 24.3 Å². The van der Waals surface area contributed by atoms with Gasteiger partial charge in [-0.15, -0.1) is 11.8 Å². The molecule has 1 saturated heterocycles. The number of anilines is 1. The smallest absolute Gasteiger partial charge is 0.255 e. The van der Waals surface area contributed by atoms with E-state index in [1.807, 2.05) is 42.5 Å². The number of rotatable bonds is 7. The predicted molar refractivity (Wildman–Crippen MR) is 125 cm³/mol. The van der Waals surface area contributed by atoms with Gasteiger partial charge in [0.05, 0.1) is 4.90 Å². The van der Waals surface area contributed by atoms with E-state index < -0.39 is 10.0 Å². The van der Waals surface area contributed by atoms with Gasteiger partial charge in [0, 0.05) is 35.0 Å². The summed E-state index contributed by atoms with van der Waals surface area (Å²) in [4.78, 5) is 14.0. The minimum atomic E-state index is -3.47. The molecule has 0 unspecified atom stereocenters. The molecule has 1 amide bonds. The van der Waals surface area contributed by atoms with Crippen molar-refractivity contribution in [3.8, 4) is 0 Å². The van der Waals surface area contributed by atoms with Crippen molar-refractivity contribution in [2.75, 3.05) is 18.4 Å². The Kier molecular flexibility index (Phi) is 6.75. The summed E-state index contributed by atoms with van der Waals surface area (Å²) in [7, 11) is -3.47. The van der Waals surface area contributed by atoms with E-state index in [4.69, 9.17) is 0 Å². The minimum Gasteiger partial charge on any atom is -0.322 e. The standard InChI is InChI=1S/C24H24N2O3S2/c27-24(20-10-14-23(15-11-20)31(28,29)26-16-4-5-17-26)25-21-12-8-19(9-13-21)18-30-22-6-2-1-3-7-22/h1-3,6-15H,4-5,16-18H2,(H,25,27). The van der Waals surface area contributed by atoms with Crippen LogP contribution in [0.2, 0.25) is 0 Å². The summed E-state index contributed by atoms with van der Waals surface area (Å²) in [5, 5.41) is 2.87. The maximum absolute atomic E-state index is 12.6. The first-order valence-electron chi connectivity index (χ1n) is 10.2. The Balaban J connectivity index is 1.35. The lowest BCUT2D eigenvalue weighted by molar-refractivity contribution is 0.102. The molecular formula is C24H24N2O3S2. The van der Waals surface area contributed by atoms with Crippen LogP contribution in [0.1, 0.15) is 28.8 Å². The van der Waals surface area contributed by atoms with Crippen LogP contribution in [-0.2, 0) is 15.8 Å². The van der Waals surface area contributed by atoms with E-state index in [9.17, 15) is 13.2 Å². The topological polar surface area (TPSA) is 66.5 Å². The number of hydrogen-bond acceptors (Lipinski definition) is 4. The van der Waals surface area contributed by atoms with Crippen LogP contribution in [-0.4, -0.2) is 31.7 Å². The van der Waals surface area contributed by atoms with Crippen molar-refractivity contribution in [2.24, 2.45) is 0 Å². The van der Waals surface area contributed by atoms with Crippen LogP contribution in [0.3, 0.4) is 0 Å². The molecule has 1 N–H and O–H groups in total. The summed E-state index contributed by atoms with van der Waals surface area (Å²) in [5.41, 5.74) is 2.29. The third kappa shape index (κ3) is 5.36. The quantitative estimate of drug-likeness (QED) is 0.512. The first kappa shape index (κ1) is 21.6. The highest BCUT2D eigenvalue weighted by Crippen LogP contribution is 2.24. The minimum absolute atomic E-state index is 0.228. The largest absolute Gasteiger partial charge is 0.322 e. The molecule has 4 rings (SSSR count). The molecule has 0 bridgehead atoms. The molecule has 1 heterocycles. The van der Waals surface area contributed by atoms with Crippen LogP contribution in [0.25, 0.3) is 0 Å². The molecule has 0 atom stereocenters. The van der Waals surface area contributed by atoms with E-state index in [0.717, 1.165) is 18.6 Å². The molecule has 0 radical (unpaired) electrons. The van der Waals surface area contributed by atoms with E-state index >= 15 is 0 Å². The van der Waals surface area contributed by atoms with Gasteiger partial charge in [-0.2, -0.15) is 4.31 Å². The van der Waals surface area contributed by atoms with E-state index in [-0.39, 0.29) is 10.8 Å². The molecule has 31 heavy (non-hydrogen) atoms. The zero-order valence-corrected chi connectivity index (χ0v) is 18.7. The Bertz CT molecular complexity index is 1120. The summed E-state index contributed by atoms with van der Waals surface area (Å²) < 4.78 is 26.7. The van der Waals surface area contributed by atoms with Crippen LogP contribution >= 0.6 is 11.8 Å². The Hall–Kier alpha value is -2.61. The second-order valence-corrected chi connectivity index (χ2v) is 10.4. The Labute approximate surface area is 187 Å². The van der Waals surface area contributed by atoms with Crippen molar-refractivity contribution < 1.29 is 13.2 Å². The van der Waals surface area contributed by atoms with Crippen LogP contribution in [0, 0.1) is 0 Å². The maximum atomic E-state index is 12.6. The Morgan fingerprint density at radius 2 is 1.52 bits per heavy atom. The lowest BCUT2D eigenvalue weighted by Gasteiger charge is -2.15. The molecule has 3 aromatic carbocycles. The van der Waals surface area contributed by atoms with Gasteiger partial charge in [-0.05, 0) is 66.9 Å². The van der Waals surface area contributed by atoms with Crippen molar-refractivity contribution in [1.82, 2.24) is 4.31 Å². The van der Waals surface area contributed by atoms with Crippen molar-refractivity contribution in [3.05, 3.63) is 90.0 Å². The summed E-state index contributed by atoms with van der Waals surface area (Å²) >= 11 is 1.76. The summed E-state index contributed by atoms with van der Waals surface area (Å²) in [6, 6.07) is 24.1. The Morgan fingerprint density at radius 1 is 0.871 bits per heavy atom. The van der Waals surface area contributed by atoms with E-state index in [1.54, 1.807) is 23.9 Å². The molecule has 1 aliphatic heterocycles. The third-order valence-corrected chi connectivity index (χ3v) is 8.18. The molecule has 0 aliphatic carbocycles. The van der Waals surface area contributed by atoms with Crippen LogP contribution in [0.5, 0.6) is 0 Å². The second-order valence-electron chi connectivity index (χ2n) is 7.39. The van der Waals surface area contributed by atoms with Gasteiger partial charge < -0.3 is 5.32 Å². The molecule has 0 saturated carbocycles. The number of sulfonamides is 1. The fourth-order valence-electron chi connectivity index (χ4n) is 3.43. The fourth-order valence-corrected chi connectivity index (χ4v) is 5.82. The van der Waals surface area contributed by atoms with Gasteiger partial charge in [0.15, 0.2) is 0 Å². The van der Waals surface area contributed by atoms with Gasteiger partial charge in [-0.1, -0.05) is 30.3 Å². The highest BCUT2D eigenvalue weighted by molar-refractivity contribution is 7.98. The molecule has 0 aromatic heterocycles. The van der Waals surface area contributed by atoms with Crippen molar-refractivity contribution in [3.63, 3.8) is 0 Å². The van der Waals surface area contributed by atoms with Gasteiger partial charge in [0.2, 0.25) is 10.0 Å². The summed E-state index contributed by atoms with van der Waals surface area (Å²) in [5.74, 6) is 0.585. The van der Waals surface area contributed by atoms with E-state index in [2.05, 4.69) is 17.4 Å². The average Bonchev–Trinajstić information content (AvgIpc) is 3.35. The highest BCUT2D eigenvalue weighted by atomic mass is 32.2. The molecule has 160 valence electrons. The summed E-state index contributed by atoms with van der Waals surface area (Å²) in [6.45, 7) is 1.12. The van der Waals surface area contributed by atoms with Crippen molar-refractivity contribution in [2.45, 2.75) is 28.4 Å². The number of benzene rings is 3. The zero-order chi connectivity index (χ0) is 21.7. The lowest BCUT2D eigenvalue weighted by Crippen LogP contribution is -2.27. The van der Waals surface area contributed by atoms with Gasteiger partial charge in [-0.25, -0.2) is 8.42 Å². The van der Waals surface area contributed by atoms with Crippen LogP contribution in [0.15, 0.2) is 88.7 Å². The Morgan fingerprint density at radius 3 is 2.16 bits per heavy atom. The van der Waals surface area contributed by atoms with Gasteiger partial charge in [-0.3, -0.25) is 4.79 Å². The molecule has 1 aliphatic rings.